The number of hydrogen-bond acceptors (Lipinski definition) is 2. The molecule has 0 heterocycles. The maximum atomic E-state index is 12.7. The first-order valence-electron chi connectivity index (χ1n) is 8.14. The lowest BCUT2D eigenvalue weighted by atomic mass is 9.90. The molecule has 0 saturated heterocycles. The summed E-state index contributed by atoms with van der Waals surface area (Å²) in [5.74, 6) is 1.20. The predicted molar refractivity (Wildman–Crippen MR) is 80.9 cm³/mol. The number of nitrogens with two attached hydrogens (primary N) is 1. The standard InChI is InChI=1S/C16H32N2O/c1-14(2)13-18(12-8-11-17)16(19)15-9-6-4-3-5-7-10-15/h14-15H,3-13,17H2,1-2H3. The summed E-state index contributed by atoms with van der Waals surface area (Å²) >= 11 is 0. The van der Waals surface area contributed by atoms with Crippen molar-refractivity contribution >= 4 is 5.91 Å². The van der Waals surface area contributed by atoms with Gasteiger partial charge in [0, 0.05) is 19.0 Å². The van der Waals surface area contributed by atoms with Crippen LogP contribution in [-0.2, 0) is 4.79 Å². The third-order valence-corrected chi connectivity index (χ3v) is 3.98. The second-order valence-corrected chi connectivity index (χ2v) is 6.36. The van der Waals surface area contributed by atoms with Gasteiger partial charge in [-0.2, -0.15) is 0 Å². The van der Waals surface area contributed by atoms with Crippen LogP contribution >= 0.6 is 0 Å². The molecule has 1 amide bonds. The van der Waals surface area contributed by atoms with E-state index in [0.717, 1.165) is 32.4 Å². The summed E-state index contributed by atoms with van der Waals surface area (Å²) in [7, 11) is 0. The molecule has 112 valence electrons. The Bertz CT molecular complexity index is 245. The number of hydrogen-bond donors (Lipinski definition) is 1. The first kappa shape index (κ1) is 16.5. The highest BCUT2D eigenvalue weighted by Crippen LogP contribution is 2.24. The Balaban J connectivity index is 2.55. The molecule has 0 aliphatic heterocycles. The van der Waals surface area contributed by atoms with Gasteiger partial charge in [-0.3, -0.25) is 4.79 Å². The molecule has 3 heteroatoms. The van der Waals surface area contributed by atoms with Gasteiger partial charge in [-0.15, -0.1) is 0 Å². The first-order valence-corrected chi connectivity index (χ1v) is 8.14. The van der Waals surface area contributed by atoms with E-state index in [4.69, 9.17) is 5.73 Å². The Morgan fingerprint density at radius 2 is 1.74 bits per heavy atom. The third kappa shape index (κ3) is 6.42. The molecule has 0 aromatic heterocycles. The van der Waals surface area contributed by atoms with Crippen molar-refractivity contribution in [3.63, 3.8) is 0 Å². The van der Waals surface area contributed by atoms with Crippen molar-refractivity contribution in [2.24, 2.45) is 17.6 Å². The summed E-state index contributed by atoms with van der Waals surface area (Å²) < 4.78 is 0. The summed E-state index contributed by atoms with van der Waals surface area (Å²) in [6.07, 6.45) is 9.51. The van der Waals surface area contributed by atoms with Crippen LogP contribution in [-0.4, -0.2) is 30.4 Å². The van der Waals surface area contributed by atoms with E-state index < -0.39 is 0 Å². The first-order chi connectivity index (χ1) is 9.15. The highest BCUT2D eigenvalue weighted by Gasteiger charge is 2.24. The van der Waals surface area contributed by atoms with Crippen molar-refractivity contribution in [3.05, 3.63) is 0 Å². The Labute approximate surface area is 118 Å². The summed E-state index contributed by atoms with van der Waals surface area (Å²) in [4.78, 5) is 14.8. The predicted octanol–water partition coefficient (Wildman–Crippen LogP) is 3.18. The molecule has 1 fully saturated rings. The lowest BCUT2D eigenvalue weighted by molar-refractivity contribution is -0.136. The van der Waals surface area contributed by atoms with Crippen LogP contribution < -0.4 is 5.73 Å². The van der Waals surface area contributed by atoms with Crippen LogP contribution in [0.1, 0.15) is 65.2 Å². The average Bonchev–Trinajstić information content (AvgIpc) is 2.33. The van der Waals surface area contributed by atoms with E-state index in [1.807, 2.05) is 0 Å². The van der Waals surface area contributed by atoms with Crippen molar-refractivity contribution in [2.45, 2.75) is 65.2 Å². The van der Waals surface area contributed by atoms with Crippen molar-refractivity contribution in [2.75, 3.05) is 19.6 Å². The molecule has 0 radical (unpaired) electrons. The average molecular weight is 268 g/mol. The monoisotopic (exact) mass is 268 g/mol. The fraction of sp³-hybridized carbons (Fsp3) is 0.938. The lowest BCUT2D eigenvalue weighted by Crippen LogP contribution is -2.40. The molecule has 3 nitrogen and oxygen atoms in total. The Kier molecular flexibility index (Phi) is 8.11. The maximum absolute atomic E-state index is 12.7. The van der Waals surface area contributed by atoms with Crippen molar-refractivity contribution < 1.29 is 4.79 Å². The molecule has 0 atom stereocenters. The number of carbonyl (C=O) groups is 1. The van der Waals surface area contributed by atoms with Gasteiger partial charge in [0.15, 0.2) is 0 Å². The molecule has 1 aliphatic carbocycles. The second kappa shape index (κ2) is 9.35. The number of amides is 1. The zero-order valence-corrected chi connectivity index (χ0v) is 12.9. The van der Waals surface area contributed by atoms with Gasteiger partial charge in [0.2, 0.25) is 5.91 Å². The van der Waals surface area contributed by atoms with Crippen LogP contribution in [0.2, 0.25) is 0 Å². The van der Waals surface area contributed by atoms with Gasteiger partial charge < -0.3 is 10.6 Å². The highest BCUT2D eigenvalue weighted by molar-refractivity contribution is 5.78. The van der Waals surface area contributed by atoms with Gasteiger partial charge in [0.05, 0.1) is 0 Å². The molecule has 0 aromatic rings. The molecule has 0 aromatic carbocycles. The molecule has 0 spiro atoms. The molecule has 1 aliphatic rings. The van der Waals surface area contributed by atoms with Crippen molar-refractivity contribution in [1.29, 1.82) is 0 Å². The van der Waals surface area contributed by atoms with E-state index in [0.29, 0.717) is 18.4 Å². The fourth-order valence-corrected chi connectivity index (χ4v) is 2.98. The van der Waals surface area contributed by atoms with Gasteiger partial charge in [-0.05, 0) is 31.7 Å². The normalized spacial score (nSPS) is 18.1. The Morgan fingerprint density at radius 1 is 1.16 bits per heavy atom. The molecule has 1 saturated carbocycles. The van der Waals surface area contributed by atoms with Crippen molar-refractivity contribution in [3.8, 4) is 0 Å². The summed E-state index contributed by atoms with van der Waals surface area (Å²) in [5, 5.41) is 0. The van der Waals surface area contributed by atoms with E-state index in [1.165, 1.54) is 32.1 Å². The molecular formula is C16H32N2O. The number of carbonyl (C=O) groups excluding carboxylic acids is 1. The Morgan fingerprint density at radius 3 is 2.26 bits per heavy atom. The minimum Gasteiger partial charge on any atom is -0.342 e. The van der Waals surface area contributed by atoms with E-state index in [2.05, 4.69) is 18.7 Å². The largest absolute Gasteiger partial charge is 0.342 e. The molecule has 19 heavy (non-hydrogen) atoms. The van der Waals surface area contributed by atoms with Crippen LogP contribution in [0, 0.1) is 11.8 Å². The van der Waals surface area contributed by atoms with E-state index in [-0.39, 0.29) is 5.92 Å². The molecule has 1 rings (SSSR count). The summed E-state index contributed by atoms with van der Waals surface area (Å²) in [6.45, 7) is 6.76. The number of nitrogens with zero attached hydrogens (tertiary/aromatic N) is 1. The summed E-state index contributed by atoms with van der Waals surface area (Å²) in [5.41, 5.74) is 5.59. The second-order valence-electron chi connectivity index (χ2n) is 6.36. The minimum atomic E-state index is 0.275. The Hall–Kier alpha value is -0.570. The quantitative estimate of drug-likeness (QED) is 0.804. The topological polar surface area (TPSA) is 46.3 Å². The minimum absolute atomic E-state index is 0.275. The van der Waals surface area contributed by atoms with Gasteiger partial charge in [-0.1, -0.05) is 46.0 Å². The molecular weight excluding hydrogens is 236 g/mol. The van der Waals surface area contributed by atoms with E-state index in [9.17, 15) is 4.79 Å². The van der Waals surface area contributed by atoms with Crippen LogP contribution in [0.5, 0.6) is 0 Å². The fourth-order valence-electron chi connectivity index (χ4n) is 2.98. The third-order valence-electron chi connectivity index (χ3n) is 3.98. The van der Waals surface area contributed by atoms with Crippen LogP contribution in [0.25, 0.3) is 0 Å². The SMILES string of the molecule is CC(C)CN(CCCN)C(=O)C1CCCCCCC1. The zero-order valence-electron chi connectivity index (χ0n) is 12.9. The van der Waals surface area contributed by atoms with Crippen LogP contribution in [0.15, 0.2) is 0 Å². The van der Waals surface area contributed by atoms with E-state index in [1.54, 1.807) is 0 Å². The van der Waals surface area contributed by atoms with Gasteiger partial charge in [0.1, 0.15) is 0 Å². The van der Waals surface area contributed by atoms with Crippen LogP contribution in [0.3, 0.4) is 0 Å². The molecule has 2 N–H and O–H groups in total. The van der Waals surface area contributed by atoms with Gasteiger partial charge in [0.25, 0.3) is 0 Å². The smallest absolute Gasteiger partial charge is 0.225 e. The number of rotatable bonds is 6. The van der Waals surface area contributed by atoms with Gasteiger partial charge >= 0.3 is 0 Å². The zero-order chi connectivity index (χ0) is 14.1. The van der Waals surface area contributed by atoms with E-state index >= 15 is 0 Å². The molecule has 0 bridgehead atoms. The van der Waals surface area contributed by atoms with Gasteiger partial charge in [-0.25, -0.2) is 0 Å². The summed E-state index contributed by atoms with van der Waals surface area (Å²) in [6, 6.07) is 0. The lowest BCUT2D eigenvalue weighted by Gasteiger charge is -2.29. The maximum Gasteiger partial charge on any atom is 0.225 e. The molecule has 0 unspecified atom stereocenters. The van der Waals surface area contributed by atoms with Crippen molar-refractivity contribution in [1.82, 2.24) is 4.90 Å². The van der Waals surface area contributed by atoms with Crippen LogP contribution in [0.4, 0.5) is 0 Å². The highest BCUT2D eigenvalue weighted by atomic mass is 16.2.